The molecule has 3 aromatic rings. The molecule has 138 valence electrons. The van der Waals surface area contributed by atoms with Gasteiger partial charge in [-0.2, -0.15) is 0 Å². The molecule has 0 saturated heterocycles. The van der Waals surface area contributed by atoms with Gasteiger partial charge in [0.25, 0.3) is 5.91 Å². The summed E-state index contributed by atoms with van der Waals surface area (Å²) in [6.45, 7) is 0. The average Bonchev–Trinajstić information content (AvgIpc) is 3.19. The number of carbonyl (C=O) groups is 2. The van der Waals surface area contributed by atoms with Crippen LogP contribution < -0.4 is 10.6 Å². The van der Waals surface area contributed by atoms with Gasteiger partial charge in [-0.05, 0) is 23.8 Å². The first kappa shape index (κ1) is 19.1. The predicted octanol–water partition coefficient (Wildman–Crippen LogP) is 4.48. The molecule has 0 radical (unpaired) electrons. The normalized spacial score (nSPS) is 11.5. The van der Waals surface area contributed by atoms with Crippen molar-refractivity contribution < 1.29 is 14.3 Å². The second-order valence-corrected chi connectivity index (χ2v) is 7.31. The van der Waals surface area contributed by atoms with Crippen LogP contribution in [-0.4, -0.2) is 24.0 Å². The van der Waals surface area contributed by atoms with E-state index in [9.17, 15) is 9.59 Å². The molecular weight excluding hydrogens is 430 g/mol. The third-order valence-electron chi connectivity index (χ3n) is 3.74. The largest absolute Gasteiger partial charge is 0.465 e. The number of carbonyl (C=O) groups excluding carboxylic acids is 2. The number of esters is 1. The van der Waals surface area contributed by atoms with Crippen LogP contribution in [0.3, 0.4) is 0 Å². The number of hydrogen-bond acceptors (Lipinski definition) is 6. The zero-order chi connectivity index (χ0) is 19.2. The fraction of sp³-hybridized carbons (Fsp3) is 0.105. The maximum atomic E-state index is 12.9. The summed E-state index contributed by atoms with van der Waals surface area (Å²) in [5.41, 5.74) is 1.58. The highest BCUT2D eigenvalue weighted by Gasteiger charge is 2.24. The fourth-order valence-corrected chi connectivity index (χ4v) is 3.38. The molecular formula is C19H16BrN3O3S. The average molecular weight is 446 g/mol. The summed E-state index contributed by atoms with van der Waals surface area (Å²) in [5, 5.41) is 8.25. The highest BCUT2D eigenvalue weighted by atomic mass is 79.9. The van der Waals surface area contributed by atoms with E-state index in [0.717, 1.165) is 10.0 Å². The Bertz CT molecular complexity index is 933. The van der Waals surface area contributed by atoms with Crippen molar-refractivity contribution in [3.63, 3.8) is 0 Å². The van der Waals surface area contributed by atoms with Gasteiger partial charge < -0.3 is 10.1 Å². The molecule has 0 aliphatic carbocycles. The van der Waals surface area contributed by atoms with Crippen molar-refractivity contribution >= 4 is 50.0 Å². The number of anilines is 2. The van der Waals surface area contributed by atoms with E-state index in [2.05, 4.69) is 31.5 Å². The van der Waals surface area contributed by atoms with Crippen molar-refractivity contribution in [3.8, 4) is 0 Å². The van der Waals surface area contributed by atoms with Crippen molar-refractivity contribution in [1.82, 2.24) is 4.98 Å². The van der Waals surface area contributed by atoms with E-state index in [4.69, 9.17) is 4.74 Å². The highest BCUT2D eigenvalue weighted by Crippen LogP contribution is 2.27. The van der Waals surface area contributed by atoms with Crippen molar-refractivity contribution in [2.45, 2.75) is 6.04 Å². The Morgan fingerprint density at radius 1 is 1.19 bits per heavy atom. The van der Waals surface area contributed by atoms with Crippen LogP contribution in [0.2, 0.25) is 0 Å². The quantitative estimate of drug-likeness (QED) is 0.546. The lowest BCUT2D eigenvalue weighted by Gasteiger charge is -2.21. The van der Waals surface area contributed by atoms with E-state index < -0.39 is 12.0 Å². The Labute approximate surface area is 168 Å². The maximum absolute atomic E-state index is 12.9. The van der Waals surface area contributed by atoms with Gasteiger partial charge in [0.05, 0.1) is 12.7 Å². The number of ether oxygens (including phenoxy) is 1. The molecule has 1 aromatic heterocycles. The molecule has 0 aliphatic rings. The van der Waals surface area contributed by atoms with E-state index in [1.165, 1.54) is 18.4 Å². The van der Waals surface area contributed by atoms with Crippen molar-refractivity contribution in [1.29, 1.82) is 0 Å². The van der Waals surface area contributed by atoms with Gasteiger partial charge in [-0.1, -0.05) is 46.3 Å². The fourth-order valence-electron chi connectivity index (χ4n) is 2.49. The Kier molecular flexibility index (Phi) is 6.20. The third-order valence-corrected chi connectivity index (χ3v) is 4.93. The van der Waals surface area contributed by atoms with Crippen LogP contribution in [0.15, 0.2) is 64.6 Å². The van der Waals surface area contributed by atoms with Gasteiger partial charge in [0.1, 0.15) is 6.04 Å². The summed E-state index contributed by atoms with van der Waals surface area (Å²) in [6, 6.07) is 13.7. The van der Waals surface area contributed by atoms with E-state index in [-0.39, 0.29) is 5.91 Å². The van der Waals surface area contributed by atoms with Gasteiger partial charge in [0, 0.05) is 21.7 Å². The van der Waals surface area contributed by atoms with Gasteiger partial charge in [0.2, 0.25) is 0 Å². The summed E-state index contributed by atoms with van der Waals surface area (Å²) < 4.78 is 5.59. The van der Waals surface area contributed by atoms with Crippen LogP contribution in [0.25, 0.3) is 0 Å². The molecule has 0 fully saturated rings. The number of benzene rings is 2. The van der Waals surface area contributed by atoms with Gasteiger partial charge in [-0.15, -0.1) is 11.3 Å². The summed E-state index contributed by atoms with van der Waals surface area (Å²) in [7, 11) is 1.32. The Balaban J connectivity index is 1.95. The van der Waals surface area contributed by atoms with Crippen LogP contribution in [0.4, 0.5) is 10.8 Å². The number of nitrogens with zero attached hydrogens (tertiary/aromatic N) is 1. The molecule has 2 N–H and O–H groups in total. The topological polar surface area (TPSA) is 80.3 Å². The number of rotatable bonds is 6. The summed E-state index contributed by atoms with van der Waals surface area (Å²) >= 11 is 4.68. The minimum Gasteiger partial charge on any atom is -0.465 e. The smallest absolute Gasteiger partial charge is 0.340 e. The molecule has 8 heteroatoms. The maximum Gasteiger partial charge on any atom is 0.340 e. The lowest BCUT2D eigenvalue weighted by Crippen LogP contribution is -2.28. The number of methoxy groups -OCH3 is 1. The van der Waals surface area contributed by atoms with Gasteiger partial charge in [0.15, 0.2) is 5.13 Å². The van der Waals surface area contributed by atoms with Crippen LogP contribution >= 0.6 is 27.3 Å². The molecule has 0 saturated carbocycles. The van der Waals surface area contributed by atoms with E-state index in [0.29, 0.717) is 16.4 Å². The molecule has 1 unspecified atom stereocenters. The molecule has 1 atom stereocenters. The monoisotopic (exact) mass is 445 g/mol. The first-order valence-corrected chi connectivity index (χ1v) is 9.65. The SMILES string of the molecule is COC(=O)c1cc(Br)ccc1NC(C(=O)Nc1nccs1)c1ccccc1. The molecule has 2 aromatic carbocycles. The van der Waals surface area contributed by atoms with Crippen molar-refractivity contribution in [2.75, 3.05) is 17.7 Å². The number of hydrogen-bond donors (Lipinski definition) is 2. The lowest BCUT2D eigenvalue weighted by atomic mass is 10.0. The van der Waals surface area contributed by atoms with Crippen molar-refractivity contribution in [3.05, 3.63) is 75.7 Å². The molecule has 27 heavy (non-hydrogen) atoms. The second-order valence-electron chi connectivity index (χ2n) is 5.50. The van der Waals surface area contributed by atoms with Crippen LogP contribution in [0, 0.1) is 0 Å². The highest BCUT2D eigenvalue weighted by molar-refractivity contribution is 9.10. The minimum atomic E-state index is -0.723. The zero-order valence-corrected chi connectivity index (χ0v) is 16.7. The minimum absolute atomic E-state index is 0.283. The number of aromatic nitrogens is 1. The molecule has 0 spiro atoms. The number of amides is 1. The molecule has 0 aliphatic heterocycles. The predicted molar refractivity (Wildman–Crippen MR) is 109 cm³/mol. The zero-order valence-electron chi connectivity index (χ0n) is 14.3. The molecule has 3 rings (SSSR count). The Hall–Kier alpha value is -2.71. The van der Waals surface area contributed by atoms with Gasteiger partial charge in [-0.25, -0.2) is 9.78 Å². The molecule has 6 nitrogen and oxygen atoms in total. The number of halogens is 1. The summed E-state index contributed by atoms with van der Waals surface area (Å²) in [4.78, 5) is 29.1. The van der Waals surface area contributed by atoms with Crippen LogP contribution in [0.1, 0.15) is 22.0 Å². The molecule has 1 amide bonds. The Morgan fingerprint density at radius 2 is 1.96 bits per heavy atom. The first-order valence-electron chi connectivity index (χ1n) is 7.98. The van der Waals surface area contributed by atoms with E-state index in [1.54, 1.807) is 29.8 Å². The summed E-state index contributed by atoms with van der Waals surface area (Å²) in [5.74, 6) is -0.777. The van der Waals surface area contributed by atoms with E-state index in [1.807, 2.05) is 30.3 Å². The number of thiazole rings is 1. The van der Waals surface area contributed by atoms with Crippen LogP contribution in [-0.2, 0) is 9.53 Å². The number of nitrogens with one attached hydrogen (secondary N) is 2. The van der Waals surface area contributed by atoms with E-state index >= 15 is 0 Å². The lowest BCUT2D eigenvalue weighted by molar-refractivity contribution is -0.117. The summed E-state index contributed by atoms with van der Waals surface area (Å²) in [6.07, 6.45) is 1.62. The third kappa shape index (κ3) is 4.72. The molecule has 1 heterocycles. The second kappa shape index (κ2) is 8.79. The van der Waals surface area contributed by atoms with Gasteiger partial charge in [-0.3, -0.25) is 10.1 Å². The standard InChI is InChI=1S/C19H16BrN3O3S/c1-26-18(25)14-11-13(20)7-8-15(14)22-16(12-5-3-2-4-6-12)17(24)23-19-21-9-10-27-19/h2-11,16,22H,1H3,(H,21,23,24). The first-order chi connectivity index (χ1) is 13.1. The van der Waals surface area contributed by atoms with Crippen LogP contribution in [0.5, 0.6) is 0 Å². The van der Waals surface area contributed by atoms with Crippen molar-refractivity contribution in [2.24, 2.45) is 0 Å². The molecule has 0 bridgehead atoms. The Morgan fingerprint density at radius 3 is 2.63 bits per heavy atom. The van der Waals surface area contributed by atoms with Gasteiger partial charge >= 0.3 is 5.97 Å².